The van der Waals surface area contributed by atoms with E-state index in [1.807, 2.05) is 53.9 Å². The highest BCUT2D eigenvalue weighted by atomic mass is 32.1. The van der Waals surface area contributed by atoms with Gasteiger partial charge in [-0.25, -0.2) is 4.52 Å². The van der Waals surface area contributed by atoms with Crippen molar-refractivity contribution < 1.29 is 19.1 Å². The Hall–Kier alpha value is -3.92. The maximum Gasteiger partial charge on any atom is 0.250 e. The molecular formula is C23H23N5O4S. The summed E-state index contributed by atoms with van der Waals surface area (Å²) in [6.07, 6.45) is 0.854. The first-order valence-corrected chi connectivity index (χ1v) is 11.2. The number of hydrogen-bond donors (Lipinski definition) is 2. The fourth-order valence-corrected chi connectivity index (χ4v) is 3.97. The maximum atomic E-state index is 12.3. The number of aromatic nitrogens is 3. The SMILES string of the molecule is COc1ccc(OCCCC(=O)Nc2nc3scc(-c4ccc(NC(C)=O)cc4)n3n2)cc1. The topological polar surface area (TPSA) is 107 Å². The number of amides is 2. The summed E-state index contributed by atoms with van der Waals surface area (Å²) < 4.78 is 12.5. The van der Waals surface area contributed by atoms with E-state index in [0.29, 0.717) is 24.4 Å². The number of anilines is 2. The minimum Gasteiger partial charge on any atom is -0.497 e. The lowest BCUT2D eigenvalue weighted by Gasteiger charge is -2.06. The number of nitrogens with one attached hydrogen (secondary N) is 2. The van der Waals surface area contributed by atoms with E-state index in [-0.39, 0.29) is 17.8 Å². The van der Waals surface area contributed by atoms with Gasteiger partial charge in [-0.05, 0) is 42.8 Å². The minimum absolute atomic E-state index is 0.121. The third kappa shape index (κ3) is 5.66. The summed E-state index contributed by atoms with van der Waals surface area (Å²) in [5.74, 6) is 1.46. The van der Waals surface area contributed by atoms with Crippen molar-refractivity contribution in [3.8, 4) is 22.8 Å². The molecule has 4 rings (SSSR count). The van der Waals surface area contributed by atoms with Crippen LogP contribution >= 0.6 is 11.3 Å². The number of methoxy groups -OCH3 is 1. The Morgan fingerprint density at radius 3 is 2.45 bits per heavy atom. The third-order valence-corrected chi connectivity index (χ3v) is 5.53. The quantitative estimate of drug-likeness (QED) is 0.359. The minimum atomic E-state index is -0.173. The highest BCUT2D eigenvalue weighted by Gasteiger charge is 2.13. The van der Waals surface area contributed by atoms with E-state index in [4.69, 9.17) is 9.47 Å². The summed E-state index contributed by atoms with van der Waals surface area (Å²) in [6, 6.07) is 14.7. The molecule has 0 bridgehead atoms. The number of ether oxygens (including phenoxy) is 2. The molecule has 9 nitrogen and oxygen atoms in total. The second kappa shape index (κ2) is 10.1. The van der Waals surface area contributed by atoms with E-state index in [0.717, 1.165) is 28.4 Å². The van der Waals surface area contributed by atoms with E-state index in [9.17, 15) is 9.59 Å². The van der Waals surface area contributed by atoms with Crippen LogP contribution in [0, 0.1) is 0 Å². The van der Waals surface area contributed by atoms with E-state index < -0.39 is 0 Å². The Kier molecular flexibility index (Phi) is 6.84. The van der Waals surface area contributed by atoms with E-state index in [1.165, 1.54) is 18.3 Å². The molecule has 0 aliphatic carbocycles. The summed E-state index contributed by atoms with van der Waals surface area (Å²) in [4.78, 5) is 28.5. The van der Waals surface area contributed by atoms with Crippen molar-refractivity contribution in [2.75, 3.05) is 24.4 Å². The van der Waals surface area contributed by atoms with E-state index in [2.05, 4.69) is 20.7 Å². The molecule has 2 aromatic carbocycles. The van der Waals surface area contributed by atoms with Gasteiger partial charge in [0.2, 0.25) is 22.7 Å². The van der Waals surface area contributed by atoms with Crippen LogP contribution in [0.25, 0.3) is 16.2 Å². The molecule has 0 spiro atoms. The van der Waals surface area contributed by atoms with Gasteiger partial charge in [-0.2, -0.15) is 4.98 Å². The molecule has 0 atom stereocenters. The zero-order chi connectivity index (χ0) is 23.2. The molecule has 0 radical (unpaired) electrons. The van der Waals surface area contributed by atoms with Crippen molar-refractivity contribution in [1.82, 2.24) is 14.6 Å². The van der Waals surface area contributed by atoms with Crippen molar-refractivity contribution >= 4 is 39.7 Å². The van der Waals surface area contributed by atoms with Gasteiger partial charge in [-0.15, -0.1) is 16.4 Å². The Morgan fingerprint density at radius 2 is 1.76 bits per heavy atom. The third-order valence-electron chi connectivity index (χ3n) is 4.71. The number of benzene rings is 2. The Morgan fingerprint density at radius 1 is 1.03 bits per heavy atom. The van der Waals surface area contributed by atoms with Crippen LogP contribution in [0.3, 0.4) is 0 Å². The first-order chi connectivity index (χ1) is 16.0. The van der Waals surface area contributed by atoms with Crippen molar-refractivity contribution in [3.63, 3.8) is 0 Å². The lowest BCUT2D eigenvalue weighted by molar-refractivity contribution is -0.116. The molecule has 2 amide bonds. The molecular weight excluding hydrogens is 442 g/mol. The Bertz CT molecular complexity index is 1250. The number of thiazole rings is 1. The first kappa shape index (κ1) is 22.3. The summed E-state index contributed by atoms with van der Waals surface area (Å²) in [5, 5.41) is 11.9. The molecule has 33 heavy (non-hydrogen) atoms. The molecule has 170 valence electrons. The molecule has 0 saturated heterocycles. The van der Waals surface area contributed by atoms with E-state index in [1.54, 1.807) is 11.6 Å². The Labute approximate surface area is 194 Å². The highest BCUT2D eigenvalue weighted by Crippen LogP contribution is 2.27. The van der Waals surface area contributed by atoms with Crippen molar-refractivity contribution in [2.45, 2.75) is 19.8 Å². The van der Waals surface area contributed by atoms with Crippen LogP contribution < -0.4 is 20.1 Å². The summed E-state index contributed by atoms with van der Waals surface area (Å²) in [7, 11) is 1.61. The molecule has 2 N–H and O–H groups in total. The second-order valence-electron chi connectivity index (χ2n) is 7.18. The largest absolute Gasteiger partial charge is 0.497 e. The zero-order valence-electron chi connectivity index (χ0n) is 18.2. The predicted octanol–water partition coefficient (Wildman–Crippen LogP) is 4.22. The molecule has 0 saturated carbocycles. The summed E-state index contributed by atoms with van der Waals surface area (Å²) in [5.41, 5.74) is 2.50. The van der Waals surface area contributed by atoms with Gasteiger partial charge in [0.25, 0.3) is 0 Å². The number of fused-ring (bicyclic) bond motifs is 1. The maximum absolute atomic E-state index is 12.3. The van der Waals surface area contributed by atoms with Crippen LogP contribution in [-0.4, -0.2) is 40.1 Å². The van der Waals surface area contributed by atoms with Crippen LogP contribution in [0.2, 0.25) is 0 Å². The van der Waals surface area contributed by atoms with Gasteiger partial charge in [-0.1, -0.05) is 12.1 Å². The van der Waals surface area contributed by atoms with Crippen LogP contribution in [-0.2, 0) is 9.59 Å². The normalized spacial score (nSPS) is 10.7. The molecule has 2 heterocycles. The number of carbonyl (C=O) groups excluding carboxylic acids is 2. The average molecular weight is 466 g/mol. The van der Waals surface area contributed by atoms with Crippen LogP contribution in [0.5, 0.6) is 11.5 Å². The predicted molar refractivity (Wildman–Crippen MR) is 127 cm³/mol. The van der Waals surface area contributed by atoms with Crippen molar-refractivity contribution in [2.24, 2.45) is 0 Å². The second-order valence-corrected chi connectivity index (χ2v) is 8.02. The van der Waals surface area contributed by atoms with Gasteiger partial charge in [0.15, 0.2) is 0 Å². The van der Waals surface area contributed by atoms with Crippen LogP contribution in [0.1, 0.15) is 19.8 Å². The van der Waals surface area contributed by atoms with Crippen molar-refractivity contribution in [3.05, 3.63) is 53.9 Å². The van der Waals surface area contributed by atoms with Crippen LogP contribution in [0.15, 0.2) is 53.9 Å². The van der Waals surface area contributed by atoms with Gasteiger partial charge >= 0.3 is 0 Å². The molecule has 10 heteroatoms. The lowest BCUT2D eigenvalue weighted by atomic mass is 10.1. The van der Waals surface area contributed by atoms with Crippen LogP contribution in [0.4, 0.5) is 11.6 Å². The Balaban J connectivity index is 1.31. The number of nitrogens with zero attached hydrogens (tertiary/aromatic N) is 3. The zero-order valence-corrected chi connectivity index (χ0v) is 19.0. The molecule has 0 aliphatic rings. The molecule has 0 aliphatic heterocycles. The molecule has 0 unspecified atom stereocenters. The number of carbonyl (C=O) groups is 2. The van der Waals surface area contributed by atoms with Gasteiger partial charge in [0, 0.05) is 30.0 Å². The first-order valence-electron chi connectivity index (χ1n) is 10.3. The standard InChI is InChI=1S/C23H23N5O4S/c1-15(29)24-17-7-5-16(6-8-17)20-14-33-23-26-22(27-28(20)23)25-21(30)4-3-13-32-19-11-9-18(31-2)10-12-19/h5-12,14H,3-4,13H2,1-2H3,(H,24,29)(H,25,27,30). The average Bonchev–Trinajstić information content (AvgIpc) is 3.37. The summed E-state index contributed by atoms with van der Waals surface area (Å²) >= 11 is 1.43. The van der Waals surface area contributed by atoms with Gasteiger partial charge in [-0.3, -0.25) is 14.9 Å². The molecule has 4 aromatic rings. The van der Waals surface area contributed by atoms with Gasteiger partial charge < -0.3 is 14.8 Å². The number of rotatable bonds is 9. The van der Waals surface area contributed by atoms with Gasteiger partial charge in [0.1, 0.15) is 11.5 Å². The fraction of sp³-hybridized carbons (Fsp3) is 0.217. The molecule has 0 fully saturated rings. The fourth-order valence-electron chi connectivity index (χ4n) is 3.14. The molecule has 2 aromatic heterocycles. The van der Waals surface area contributed by atoms with Gasteiger partial charge in [0.05, 0.1) is 19.4 Å². The smallest absolute Gasteiger partial charge is 0.250 e. The number of hydrogen-bond acceptors (Lipinski definition) is 7. The monoisotopic (exact) mass is 465 g/mol. The summed E-state index contributed by atoms with van der Waals surface area (Å²) in [6.45, 7) is 1.89. The highest BCUT2D eigenvalue weighted by molar-refractivity contribution is 7.15. The van der Waals surface area contributed by atoms with E-state index >= 15 is 0 Å². The van der Waals surface area contributed by atoms with Crippen molar-refractivity contribution in [1.29, 1.82) is 0 Å². The lowest BCUT2D eigenvalue weighted by Crippen LogP contribution is -2.14.